The van der Waals surface area contributed by atoms with Gasteiger partial charge in [0.25, 0.3) is 11.8 Å². The van der Waals surface area contributed by atoms with Crippen molar-refractivity contribution in [3.63, 3.8) is 0 Å². The molecule has 0 bridgehead atoms. The number of nitrogens with two attached hydrogens (primary N) is 2. The topological polar surface area (TPSA) is 225 Å². The van der Waals surface area contributed by atoms with Crippen LogP contribution in [0.2, 0.25) is 0 Å². The number of carbonyl (C=O) groups is 4. The number of nitrogens with one attached hydrogen (secondary N) is 3. The van der Waals surface area contributed by atoms with Gasteiger partial charge in [-0.1, -0.05) is 12.8 Å². The van der Waals surface area contributed by atoms with Crippen molar-refractivity contribution in [3.8, 4) is 0 Å². The molecule has 2 atom stereocenters. The molecule has 3 aromatic heterocycles. The molecule has 0 fully saturated rings. The highest BCUT2D eigenvalue weighted by molar-refractivity contribution is 6.04. The number of primary amides is 2. The molecule has 0 saturated carbocycles. The molecule has 0 spiro atoms. The lowest BCUT2D eigenvalue weighted by Crippen LogP contribution is -2.44. The first kappa shape index (κ1) is 36.3. The Kier molecular flexibility index (Phi) is 10.1. The van der Waals surface area contributed by atoms with E-state index in [1.807, 2.05) is 34.9 Å². The van der Waals surface area contributed by atoms with Crippen LogP contribution >= 0.6 is 0 Å². The lowest BCUT2D eigenvalue weighted by atomic mass is 9.90. The number of anilines is 2. The predicted octanol–water partition coefficient (Wildman–Crippen LogP) is 2.84. The Balaban J connectivity index is 1.22. The highest BCUT2D eigenvalue weighted by atomic mass is 16.2. The lowest BCUT2D eigenvalue weighted by Gasteiger charge is -2.26. The van der Waals surface area contributed by atoms with E-state index < -0.39 is 17.9 Å². The fraction of sp³-hybridized carbons (Fsp3) is 0.405. The Bertz CT molecular complexity index is 2300. The van der Waals surface area contributed by atoms with Gasteiger partial charge in [-0.15, -0.1) is 0 Å². The van der Waals surface area contributed by atoms with Gasteiger partial charge in [-0.25, -0.2) is 9.97 Å². The summed E-state index contributed by atoms with van der Waals surface area (Å²) in [5.74, 6) is -1.09. The zero-order chi connectivity index (χ0) is 38.1. The highest BCUT2D eigenvalue weighted by Gasteiger charge is 2.39. The van der Waals surface area contributed by atoms with Gasteiger partial charge < -0.3 is 25.9 Å². The number of imidazole rings is 2. The van der Waals surface area contributed by atoms with Crippen LogP contribution in [0.25, 0.3) is 22.1 Å². The first-order chi connectivity index (χ1) is 26.0. The number of hydrogen-bond acceptors (Lipinski definition) is 10. The second kappa shape index (κ2) is 15.1. The van der Waals surface area contributed by atoms with Crippen LogP contribution < -0.4 is 27.4 Å². The molecule has 2 unspecified atom stereocenters. The standard InChI is InChI=1S/C37H45N13O4/c1-4-49-31-25(22(3)46-49)8-6-5-7-15-50-30(18-21(2)45-50)34(53)43-36-41-26-19-23(32(38)51)9-11-28(26)47(36)16-13-40-14-17-48-29-12-10-24(33(39)52)20-27(29)42-37(48)44-35(31)54/h9-12,18-20,25,31,40H,4-8,13-17H2,1-3H3,(H2,38,51)(H2,39,52)(H,41,43,53)(H,42,44,54). The number of aromatic nitrogens is 6. The lowest BCUT2D eigenvalue weighted by molar-refractivity contribution is -0.121. The molecule has 54 heavy (non-hydrogen) atoms. The summed E-state index contributed by atoms with van der Waals surface area (Å²) in [5.41, 5.74) is 16.3. The number of hydrazone groups is 1. The van der Waals surface area contributed by atoms with E-state index in [-0.39, 0.29) is 17.7 Å². The molecule has 5 heterocycles. The van der Waals surface area contributed by atoms with E-state index in [1.165, 1.54) is 0 Å². The summed E-state index contributed by atoms with van der Waals surface area (Å²) in [4.78, 5) is 61.3. The SMILES string of the molecule is CCN1N=C(C)C2CCCCCn3nc(C)cc3C(=O)Nc3nc4cc(C(N)=O)ccc4n3CCNCCn3c(nc4cc(C(N)=O)ccc43)NC(=O)C21. The van der Waals surface area contributed by atoms with Crippen molar-refractivity contribution in [2.24, 2.45) is 22.5 Å². The molecule has 0 aliphatic carbocycles. The van der Waals surface area contributed by atoms with Crippen molar-refractivity contribution >= 4 is 63.3 Å². The number of carbonyl (C=O) groups excluding carboxylic acids is 4. The zero-order valence-electron chi connectivity index (χ0n) is 30.6. The van der Waals surface area contributed by atoms with Gasteiger partial charge in [0.1, 0.15) is 11.7 Å². The van der Waals surface area contributed by atoms with Crippen molar-refractivity contribution in [2.45, 2.75) is 72.1 Å². The molecule has 7 N–H and O–H groups in total. The minimum Gasteiger partial charge on any atom is -0.366 e. The molecule has 7 rings (SSSR count). The van der Waals surface area contributed by atoms with E-state index >= 15 is 0 Å². The van der Waals surface area contributed by atoms with E-state index in [0.29, 0.717) is 79.0 Å². The number of likely N-dealkylation sites (N-methyl/N-ethyl adjacent to an activating group) is 1. The fourth-order valence-electron chi connectivity index (χ4n) is 7.49. The van der Waals surface area contributed by atoms with Gasteiger partial charge in [0.05, 0.1) is 27.8 Å². The summed E-state index contributed by atoms with van der Waals surface area (Å²) in [5, 5.41) is 20.8. The molecular weight excluding hydrogens is 690 g/mol. The maximum absolute atomic E-state index is 14.1. The molecule has 2 aliphatic rings. The summed E-state index contributed by atoms with van der Waals surface area (Å²) < 4.78 is 5.53. The van der Waals surface area contributed by atoms with E-state index in [4.69, 9.17) is 26.5 Å². The van der Waals surface area contributed by atoms with Gasteiger partial charge in [0.15, 0.2) is 0 Å². The van der Waals surface area contributed by atoms with Crippen LogP contribution in [0.4, 0.5) is 11.9 Å². The number of hydrogen-bond donors (Lipinski definition) is 5. The summed E-state index contributed by atoms with van der Waals surface area (Å²) in [6.45, 7) is 8.73. The number of aryl methyl sites for hydroxylation is 2. The second-order valence-electron chi connectivity index (χ2n) is 13.8. The third-order valence-corrected chi connectivity index (χ3v) is 10.2. The third kappa shape index (κ3) is 7.13. The Morgan fingerprint density at radius 1 is 0.815 bits per heavy atom. The molecule has 0 radical (unpaired) electrons. The maximum Gasteiger partial charge on any atom is 0.276 e. The van der Waals surface area contributed by atoms with Crippen LogP contribution in [0.1, 0.15) is 76.4 Å². The summed E-state index contributed by atoms with van der Waals surface area (Å²) in [7, 11) is 0. The smallest absolute Gasteiger partial charge is 0.276 e. The highest BCUT2D eigenvalue weighted by Crippen LogP contribution is 2.29. The first-order valence-corrected chi connectivity index (χ1v) is 18.3. The van der Waals surface area contributed by atoms with E-state index in [1.54, 1.807) is 47.1 Å². The molecule has 282 valence electrons. The predicted molar refractivity (Wildman–Crippen MR) is 204 cm³/mol. The zero-order valence-corrected chi connectivity index (χ0v) is 30.6. The maximum atomic E-state index is 14.1. The number of nitrogens with zero attached hydrogens (tertiary/aromatic N) is 8. The van der Waals surface area contributed by atoms with Crippen molar-refractivity contribution < 1.29 is 19.2 Å². The molecule has 17 heteroatoms. The molecule has 0 saturated heterocycles. The number of rotatable bonds is 3. The van der Waals surface area contributed by atoms with Gasteiger partial charge >= 0.3 is 0 Å². The third-order valence-electron chi connectivity index (χ3n) is 10.2. The van der Waals surface area contributed by atoms with Crippen LogP contribution in [-0.4, -0.2) is 88.9 Å². The molecule has 5 aromatic rings. The molecule has 2 aromatic carbocycles. The van der Waals surface area contributed by atoms with E-state index in [9.17, 15) is 19.2 Å². The normalized spacial score (nSPS) is 19.1. The van der Waals surface area contributed by atoms with E-state index in [0.717, 1.165) is 48.1 Å². The average Bonchev–Trinajstić information content (AvgIpc) is 3.88. The summed E-state index contributed by atoms with van der Waals surface area (Å²) in [6, 6.07) is 11.3. The largest absolute Gasteiger partial charge is 0.366 e. The van der Waals surface area contributed by atoms with E-state index in [2.05, 4.69) is 21.0 Å². The monoisotopic (exact) mass is 735 g/mol. The fourth-order valence-corrected chi connectivity index (χ4v) is 7.49. The second-order valence-corrected chi connectivity index (χ2v) is 13.8. The quantitative estimate of drug-likeness (QED) is 0.183. The Hall–Kier alpha value is -6.10. The van der Waals surface area contributed by atoms with Gasteiger partial charge in [-0.05, 0) is 76.1 Å². The average molecular weight is 736 g/mol. The van der Waals surface area contributed by atoms with Crippen molar-refractivity contribution in [2.75, 3.05) is 30.3 Å². The Morgan fingerprint density at radius 3 is 2.02 bits per heavy atom. The van der Waals surface area contributed by atoms with Crippen LogP contribution in [0.5, 0.6) is 0 Å². The first-order valence-electron chi connectivity index (χ1n) is 18.3. The van der Waals surface area contributed by atoms with Gasteiger partial charge in [0.2, 0.25) is 23.7 Å². The van der Waals surface area contributed by atoms with Crippen LogP contribution in [0.3, 0.4) is 0 Å². The minimum atomic E-state index is -0.573. The molecule has 2 aliphatic heterocycles. The molecular formula is C37H45N13O4. The Labute approximate surface area is 311 Å². The number of amides is 4. The minimum absolute atomic E-state index is 0.0876. The van der Waals surface area contributed by atoms with Crippen molar-refractivity contribution in [3.05, 3.63) is 65.0 Å². The van der Waals surface area contributed by atoms with Gasteiger partial charge in [-0.3, -0.25) is 39.5 Å². The van der Waals surface area contributed by atoms with Crippen molar-refractivity contribution in [1.29, 1.82) is 0 Å². The van der Waals surface area contributed by atoms with Crippen molar-refractivity contribution in [1.82, 2.24) is 39.2 Å². The number of fused-ring (bicyclic) bond motifs is 8. The Morgan fingerprint density at radius 2 is 1.43 bits per heavy atom. The summed E-state index contributed by atoms with van der Waals surface area (Å²) in [6.07, 6.45) is 3.23. The van der Waals surface area contributed by atoms with Crippen LogP contribution in [-0.2, 0) is 24.4 Å². The molecule has 17 nitrogen and oxygen atoms in total. The van der Waals surface area contributed by atoms with Gasteiger partial charge in [0, 0.05) is 62.0 Å². The van der Waals surface area contributed by atoms with Crippen LogP contribution in [0, 0.1) is 12.8 Å². The van der Waals surface area contributed by atoms with Crippen LogP contribution in [0.15, 0.2) is 47.6 Å². The number of benzene rings is 2. The van der Waals surface area contributed by atoms with Gasteiger partial charge in [-0.2, -0.15) is 10.2 Å². The molecule has 4 amide bonds. The summed E-state index contributed by atoms with van der Waals surface area (Å²) >= 11 is 0.